The van der Waals surface area contributed by atoms with Crippen LogP contribution >= 0.6 is 0 Å². The van der Waals surface area contributed by atoms with E-state index >= 15 is 0 Å². The predicted molar refractivity (Wildman–Crippen MR) is 80.4 cm³/mol. The topological polar surface area (TPSA) is 41.9 Å². The Morgan fingerprint density at radius 2 is 1.90 bits per heavy atom. The van der Waals surface area contributed by atoms with Gasteiger partial charge in [-0.05, 0) is 46.2 Å². The number of ether oxygens (including phenoxy) is 1. The molecule has 0 N–H and O–H groups in total. The maximum absolute atomic E-state index is 12.1. The number of hydrogen-bond acceptors (Lipinski definition) is 3. The van der Waals surface area contributed by atoms with Gasteiger partial charge >= 0.3 is 6.09 Å². The number of hydrogen-bond donors (Lipinski definition) is 0. The van der Waals surface area contributed by atoms with Crippen LogP contribution in [0.25, 0.3) is 0 Å². The van der Waals surface area contributed by atoms with E-state index in [-0.39, 0.29) is 6.09 Å². The number of carbonyl (C=O) groups is 1. The van der Waals surface area contributed by atoms with Gasteiger partial charge in [-0.2, -0.15) is 0 Å². The average molecular weight is 274 g/mol. The van der Waals surface area contributed by atoms with Crippen LogP contribution in [0.2, 0.25) is 0 Å². The van der Waals surface area contributed by atoms with Crippen LogP contribution in [0.1, 0.15) is 39.2 Å². The second-order valence-electron chi connectivity index (χ2n) is 6.10. The Morgan fingerprint density at radius 1 is 1.25 bits per heavy atom. The Hall–Kier alpha value is -1.84. The summed E-state index contributed by atoms with van der Waals surface area (Å²) in [5, 5.41) is 0. The number of likely N-dealkylation sites (tertiary alicyclic amines) is 1. The van der Waals surface area contributed by atoms with Crippen LogP contribution in [0, 0.1) is 6.92 Å². The third-order valence-corrected chi connectivity index (χ3v) is 3.00. The van der Waals surface area contributed by atoms with Gasteiger partial charge in [-0.25, -0.2) is 9.79 Å². The molecule has 1 aromatic rings. The lowest BCUT2D eigenvalue weighted by molar-refractivity contribution is 0.0383. The Morgan fingerprint density at radius 3 is 2.50 bits per heavy atom. The third-order valence-electron chi connectivity index (χ3n) is 3.00. The Labute approximate surface area is 120 Å². The lowest BCUT2D eigenvalue weighted by Gasteiger charge is -2.24. The second kappa shape index (κ2) is 5.65. The zero-order valence-corrected chi connectivity index (χ0v) is 12.6. The molecule has 1 fully saturated rings. The predicted octanol–water partition coefficient (Wildman–Crippen LogP) is 4.06. The fourth-order valence-corrected chi connectivity index (χ4v) is 2.06. The number of rotatable bonds is 1. The van der Waals surface area contributed by atoms with Crippen molar-refractivity contribution in [1.82, 2.24) is 4.90 Å². The quantitative estimate of drug-likeness (QED) is 0.775. The van der Waals surface area contributed by atoms with Gasteiger partial charge in [0.05, 0.1) is 5.69 Å². The lowest BCUT2D eigenvalue weighted by atomic mass is 10.2. The zero-order valence-electron chi connectivity index (χ0n) is 12.6. The van der Waals surface area contributed by atoms with Gasteiger partial charge in [-0.1, -0.05) is 17.7 Å². The van der Waals surface area contributed by atoms with Crippen LogP contribution in [0.3, 0.4) is 0 Å². The van der Waals surface area contributed by atoms with Crippen molar-refractivity contribution in [2.24, 2.45) is 4.99 Å². The van der Waals surface area contributed by atoms with E-state index in [1.54, 1.807) is 4.90 Å². The monoisotopic (exact) mass is 274 g/mol. The summed E-state index contributed by atoms with van der Waals surface area (Å²) in [5.41, 5.74) is 1.60. The average Bonchev–Trinajstić information content (AvgIpc) is 2.78. The normalized spacial score (nSPS) is 17.6. The summed E-state index contributed by atoms with van der Waals surface area (Å²) in [7, 11) is 0. The van der Waals surface area contributed by atoms with E-state index in [0.29, 0.717) is 6.54 Å². The highest BCUT2D eigenvalue weighted by Gasteiger charge is 2.29. The molecule has 0 atom stereocenters. The van der Waals surface area contributed by atoms with E-state index in [2.05, 4.69) is 4.99 Å². The van der Waals surface area contributed by atoms with Gasteiger partial charge in [-0.15, -0.1) is 0 Å². The molecule has 4 nitrogen and oxygen atoms in total. The molecule has 0 aliphatic carbocycles. The number of carbonyl (C=O) groups excluding carboxylic acids is 1. The summed E-state index contributed by atoms with van der Waals surface area (Å²) in [6.07, 6.45) is 1.44. The minimum atomic E-state index is -0.478. The smallest absolute Gasteiger partial charge is 0.415 e. The van der Waals surface area contributed by atoms with Crippen LogP contribution in [-0.4, -0.2) is 29.0 Å². The van der Waals surface area contributed by atoms with Crippen LogP contribution in [0.15, 0.2) is 29.3 Å². The number of nitrogens with zero attached hydrogens (tertiary/aromatic N) is 2. The van der Waals surface area contributed by atoms with Crippen molar-refractivity contribution in [1.29, 1.82) is 0 Å². The molecule has 20 heavy (non-hydrogen) atoms. The van der Waals surface area contributed by atoms with E-state index in [9.17, 15) is 4.79 Å². The maximum atomic E-state index is 12.1. The molecular weight excluding hydrogens is 252 g/mol. The fourth-order valence-electron chi connectivity index (χ4n) is 2.06. The van der Waals surface area contributed by atoms with Crippen LogP contribution < -0.4 is 0 Å². The molecule has 0 bridgehead atoms. The first-order valence-electron chi connectivity index (χ1n) is 7.00. The largest absolute Gasteiger partial charge is 0.443 e. The SMILES string of the molecule is Cc1ccc(/N=C2\CCCN2C(=O)OC(C)(C)C)cc1. The van der Waals surface area contributed by atoms with Gasteiger partial charge in [0.2, 0.25) is 0 Å². The highest BCUT2D eigenvalue weighted by Crippen LogP contribution is 2.21. The molecule has 1 aromatic carbocycles. The minimum Gasteiger partial charge on any atom is -0.443 e. The Kier molecular flexibility index (Phi) is 4.12. The molecule has 4 heteroatoms. The standard InChI is InChI=1S/C16H22N2O2/c1-12-7-9-13(10-8-12)17-14-6-5-11-18(14)15(19)20-16(2,3)4/h7-10H,5-6,11H2,1-4H3/b17-14+. The molecule has 0 saturated carbocycles. The van der Waals surface area contributed by atoms with E-state index in [0.717, 1.165) is 24.4 Å². The summed E-state index contributed by atoms with van der Waals surface area (Å²) in [4.78, 5) is 18.4. The van der Waals surface area contributed by atoms with Crippen LogP contribution in [-0.2, 0) is 4.74 Å². The Balaban J connectivity index is 2.14. The van der Waals surface area contributed by atoms with E-state index < -0.39 is 5.60 Å². The second-order valence-corrected chi connectivity index (χ2v) is 6.10. The number of amides is 1. The molecule has 0 aromatic heterocycles. The third kappa shape index (κ3) is 3.83. The highest BCUT2D eigenvalue weighted by molar-refractivity contribution is 5.98. The Bertz CT molecular complexity index is 512. The molecular formula is C16H22N2O2. The fraction of sp³-hybridized carbons (Fsp3) is 0.500. The number of aliphatic imine (C=N–C) groups is 1. The van der Waals surface area contributed by atoms with Crippen molar-refractivity contribution in [2.75, 3.05) is 6.54 Å². The molecule has 1 aliphatic heterocycles. The number of amidine groups is 1. The number of benzene rings is 1. The first-order valence-corrected chi connectivity index (χ1v) is 7.00. The van der Waals surface area contributed by atoms with Crippen molar-refractivity contribution in [2.45, 2.75) is 46.1 Å². The summed E-state index contributed by atoms with van der Waals surface area (Å²) < 4.78 is 5.41. The first-order chi connectivity index (χ1) is 9.35. The molecule has 0 unspecified atom stereocenters. The van der Waals surface area contributed by atoms with Gasteiger partial charge in [0.25, 0.3) is 0 Å². The molecule has 108 valence electrons. The molecule has 2 rings (SSSR count). The van der Waals surface area contributed by atoms with Gasteiger partial charge in [-0.3, -0.25) is 4.90 Å². The van der Waals surface area contributed by atoms with Gasteiger partial charge in [0.1, 0.15) is 11.4 Å². The molecule has 1 aliphatic rings. The molecule has 1 amide bonds. The van der Waals surface area contributed by atoms with E-state index in [1.807, 2.05) is 52.0 Å². The van der Waals surface area contributed by atoms with Crippen molar-refractivity contribution in [3.8, 4) is 0 Å². The minimum absolute atomic E-state index is 0.305. The first kappa shape index (κ1) is 14.6. The van der Waals surface area contributed by atoms with Gasteiger partial charge < -0.3 is 4.74 Å². The van der Waals surface area contributed by atoms with Crippen LogP contribution in [0.4, 0.5) is 10.5 Å². The van der Waals surface area contributed by atoms with Gasteiger partial charge in [0, 0.05) is 13.0 Å². The summed E-state index contributed by atoms with van der Waals surface area (Å²) >= 11 is 0. The maximum Gasteiger partial charge on any atom is 0.415 e. The lowest BCUT2D eigenvalue weighted by Crippen LogP contribution is -2.37. The zero-order chi connectivity index (χ0) is 14.8. The highest BCUT2D eigenvalue weighted by atomic mass is 16.6. The number of aryl methyl sites for hydroxylation is 1. The van der Waals surface area contributed by atoms with Gasteiger partial charge in [0.15, 0.2) is 0 Å². The van der Waals surface area contributed by atoms with Crippen molar-refractivity contribution in [3.63, 3.8) is 0 Å². The molecule has 1 heterocycles. The summed E-state index contributed by atoms with van der Waals surface area (Å²) in [6, 6.07) is 7.97. The van der Waals surface area contributed by atoms with Crippen molar-refractivity contribution < 1.29 is 9.53 Å². The van der Waals surface area contributed by atoms with Crippen molar-refractivity contribution in [3.05, 3.63) is 29.8 Å². The molecule has 1 saturated heterocycles. The summed E-state index contributed by atoms with van der Waals surface area (Å²) in [6.45, 7) is 8.34. The van der Waals surface area contributed by atoms with E-state index in [1.165, 1.54) is 5.56 Å². The summed E-state index contributed by atoms with van der Waals surface area (Å²) in [5.74, 6) is 0.795. The molecule has 0 radical (unpaired) electrons. The molecule has 0 spiro atoms. The van der Waals surface area contributed by atoms with Crippen LogP contribution in [0.5, 0.6) is 0 Å². The van der Waals surface area contributed by atoms with Crippen molar-refractivity contribution >= 4 is 17.6 Å². The van der Waals surface area contributed by atoms with E-state index in [4.69, 9.17) is 4.74 Å².